The second-order valence-electron chi connectivity index (χ2n) is 4.47. The Morgan fingerprint density at radius 3 is 2.67 bits per heavy atom. The summed E-state index contributed by atoms with van der Waals surface area (Å²) < 4.78 is 5.43. The molecule has 1 aliphatic carbocycles. The highest BCUT2D eigenvalue weighted by atomic mass is 16.5. The predicted molar refractivity (Wildman–Crippen MR) is 57.8 cm³/mol. The highest BCUT2D eigenvalue weighted by Gasteiger charge is 2.19. The molecular weight excluding hydrogens is 192 g/mol. The highest BCUT2D eigenvalue weighted by molar-refractivity contribution is 5.74. The van der Waals surface area contributed by atoms with Gasteiger partial charge in [-0.15, -0.1) is 0 Å². The lowest BCUT2D eigenvalue weighted by Gasteiger charge is -2.15. The van der Waals surface area contributed by atoms with Gasteiger partial charge in [0.2, 0.25) is 0 Å². The number of hydrogen-bond acceptors (Lipinski definition) is 2. The molecule has 4 nitrogen and oxygen atoms in total. The summed E-state index contributed by atoms with van der Waals surface area (Å²) in [6.07, 6.45) is 7.19. The first-order valence-corrected chi connectivity index (χ1v) is 6.00. The van der Waals surface area contributed by atoms with Crippen LogP contribution in [0.5, 0.6) is 0 Å². The average molecular weight is 212 g/mol. The molecule has 2 fully saturated rings. The number of ether oxygens (including phenoxy) is 1. The zero-order chi connectivity index (χ0) is 10.5. The van der Waals surface area contributed by atoms with Crippen molar-refractivity contribution >= 4 is 6.03 Å². The summed E-state index contributed by atoms with van der Waals surface area (Å²) in [6, 6.07) is 0.367. The summed E-state index contributed by atoms with van der Waals surface area (Å²) in [6.45, 7) is 1.50. The number of hydrogen-bond donors (Lipinski definition) is 2. The predicted octanol–water partition coefficient (Wildman–Crippen LogP) is 1.41. The fraction of sp³-hybridized carbons (Fsp3) is 0.909. The molecule has 2 N–H and O–H groups in total. The Balaban J connectivity index is 1.59. The first-order valence-electron chi connectivity index (χ1n) is 6.00. The first kappa shape index (κ1) is 10.7. The average Bonchev–Trinajstić information content (AvgIpc) is 2.86. The van der Waals surface area contributed by atoms with E-state index in [1.165, 1.54) is 12.8 Å². The maximum atomic E-state index is 11.5. The van der Waals surface area contributed by atoms with Crippen molar-refractivity contribution in [3.05, 3.63) is 0 Å². The molecule has 4 heteroatoms. The van der Waals surface area contributed by atoms with Crippen LogP contribution in [-0.4, -0.2) is 31.3 Å². The molecule has 1 aliphatic heterocycles. The Morgan fingerprint density at radius 1 is 1.20 bits per heavy atom. The van der Waals surface area contributed by atoms with Crippen molar-refractivity contribution in [2.24, 2.45) is 0 Å². The van der Waals surface area contributed by atoms with Gasteiger partial charge in [0.05, 0.1) is 6.10 Å². The monoisotopic (exact) mass is 212 g/mol. The van der Waals surface area contributed by atoms with Gasteiger partial charge in [0.25, 0.3) is 0 Å². The van der Waals surface area contributed by atoms with E-state index in [2.05, 4.69) is 10.6 Å². The third kappa shape index (κ3) is 3.38. The van der Waals surface area contributed by atoms with Gasteiger partial charge in [-0.05, 0) is 25.7 Å². The van der Waals surface area contributed by atoms with E-state index < -0.39 is 0 Å². The molecule has 0 unspecified atom stereocenters. The molecule has 86 valence electrons. The molecule has 2 aliphatic rings. The number of nitrogens with one attached hydrogen (secondary N) is 2. The van der Waals surface area contributed by atoms with Crippen molar-refractivity contribution in [2.45, 2.75) is 50.7 Å². The van der Waals surface area contributed by atoms with E-state index in [1.807, 2.05) is 0 Å². The van der Waals surface area contributed by atoms with Gasteiger partial charge in [0, 0.05) is 19.2 Å². The first-order chi connectivity index (χ1) is 7.34. The smallest absolute Gasteiger partial charge is 0.315 e. The Kier molecular flexibility index (Phi) is 3.83. The van der Waals surface area contributed by atoms with E-state index in [1.54, 1.807) is 0 Å². The largest absolute Gasteiger partial charge is 0.376 e. The molecule has 0 spiro atoms. The van der Waals surface area contributed by atoms with Crippen LogP contribution in [0, 0.1) is 0 Å². The SMILES string of the molecule is O=C(NC[C@@H]1CCCO1)NC1CCCC1. The number of carbonyl (C=O) groups excluding carboxylic acids is 1. The molecule has 0 aromatic heterocycles. The Hall–Kier alpha value is -0.770. The zero-order valence-electron chi connectivity index (χ0n) is 9.13. The van der Waals surface area contributed by atoms with E-state index in [0.29, 0.717) is 12.6 Å². The van der Waals surface area contributed by atoms with Crippen LogP contribution in [0.25, 0.3) is 0 Å². The van der Waals surface area contributed by atoms with Gasteiger partial charge in [-0.25, -0.2) is 4.79 Å². The lowest BCUT2D eigenvalue weighted by molar-refractivity contribution is 0.111. The van der Waals surface area contributed by atoms with Crippen molar-refractivity contribution in [3.63, 3.8) is 0 Å². The van der Waals surface area contributed by atoms with Crippen LogP contribution in [0.3, 0.4) is 0 Å². The van der Waals surface area contributed by atoms with Crippen LogP contribution >= 0.6 is 0 Å². The number of rotatable bonds is 3. The van der Waals surface area contributed by atoms with Gasteiger partial charge in [0.15, 0.2) is 0 Å². The Morgan fingerprint density at radius 2 is 2.00 bits per heavy atom. The number of urea groups is 1. The summed E-state index contributed by atoms with van der Waals surface area (Å²) in [5.41, 5.74) is 0. The summed E-state index contributed by atoms with van der Waals surface area (Å²) in [4.78, 5) is 11.5. The third-order valence-corrected chi connectivity index (χ3v) is 3.20. The minimum absolute atomic E-state index is 0.0302. The van der Waals surface area contributed by atoms with Crippen LogP contribution in [-0.2, 0) is 4.74 Å². The van der Waals surface area contributed by atoms with E-state index in [-0.39, 0.29) is 12.1 Å². The van der Waals surface area contributed by atoms with Crippen LogP contribution in [0.1, 0.15) is 38.5 Å². The van der Waals surface area contributed by atoms with Crippen molar-refractivity contribution in [1.82, 2.24) is 10.6 Å². The normalized spacial score (nSPS) is 26.8. The van der Waals surface area contributed by atoms with Gasteiger partial charge < -0.3 is 15.4 Å². The fourth-order valence-corrected chi connectivity index (χ4v) is 2.32. The molecule has 15 heavy (non-hydrogen) atoms. The minimum atomic E-state index is -0.0302. The van der Waals surface area contributed by atoms with Crippen molar-refractivity contribution in [2.75, 3.05) is 13.2 Å². The lowest BCUT2D eigenvalue weighted by atomic mass is 10.2. The van der Waals surface area contributed by atoms with Crippen LogP contribution in [0.15, 0.2) is 0 Å². The third-order valence-electron chi connectivity index (χ3n) is 3.20. The molecule has 0 bridgehead atoms. The van der Waals surface area contributed by atoms with E-state index >= 15 is 0 Å². The maximum absolute atomic E-state index is 11.5. The standard InChI is InChI=1S/C11H20N2O2/c14-11(13-9-4-1-2-5-9)12-8-10-6-3-7-15-10/h9-10H,1-8H2,(H2,12,13,14)/t10-/m0/s1. The molecular formula is C11H20N2O2. The molecule has 1 atom stereocenters. The maximum Gasteiger partial charge on any atom is 0.315 e. The molecule has 0 radical (unpaired) electrons. The van der Waals surface area contributed by atoms with Gasteiger partial charge >= 0.3 is 6.03 Å². The second-order valence-corrected chi connectivity index (χ2v) is 4.47. The Bertz CT molecular complexity index is 209. The van der Waals surface area contributed by atoms with Crippen molar-refractivity contribution in [3.8, 4) is 0 Å². The summed E-state index contributed by atoms with van der Waals surface area (Å²) in [5, 5.41) is 5.87. The Labute approximate surface area is 90.8 Å². The molecule has 1 saturated carbocycles. The van der Waals surface area contributed by atoms with E-state index in [0.717, 1.165) is 32.3 Å². The molecule has 1 saturated heterocycles. The van der Waals surface area contributed by atoms with Crippen molar-refractivity contribution < 1.29 is 9.53 Å². The fourth-order valence-electron chi connectivity index (χ4n) is 2.32. The van der Waals surface area contributed by atoms with Crippen LogP contribution < -0.4 is 10.6 Å². The molecule has 1 heterocycles. The molecule has 2 amide bonds. The zero-order valence-corrected chi connectivity index (χ0v) is 9.13. The summed E-state index contributed by atoms with van der Waals surface area (Å²) in [5.74, 6) is 0. The minimum Gasteiger partial charge on any atom is -0.376 e. The quantitative estimate of drug-likeness (QED) is 0.743. The molecule has 0 aromatic rings. The van der Waals surface area contributed by atoms with Gasteiger partial charge in [-0.1, -0.05) is 12.8 Å². The van der Waals surface area contributed by atoms with E-state index in [4.69, 9.17) is 4.74 Å². The van der Waals surface area contributed by atoms with Gasteiger partial charge in [0.1, 0.15) is 0 Å². The second kappa shape index (κ2) is 5.35. The number of amides is 2. The number of carbonyl (C=O) groups is 1. The lowest BCUT2D eigenvalue weighted by Crippen LogP contribution is -2.43. The molecule has 2 rings (SSSR count). The van der Waals surface area contributed by atoms with E-state index in [9.17, 15) is 4.79 Å². The summed E-state index contributed by atoms with van der Waals surface area (Å²) in [7, 11) is 0. The van der Waals surface area contributed by atoms with Crippen LogP contribution in [0.2, 0.25) is 0 Å². The van der Waals surface area contributed by atoms with Gasteiger partial charge in [-0.3, -0.25) is 0 Å². The molecule has 0 aromatic carbocycles. The van der Waals surface area contributed by atoms with Crippen LogP contribution in [0.4, 0.5) is 4.79 Å². The topological polar surface area (TPSA) is 50.4 Å². The highest BCUT2D eigenvalue weighted by Crippen LogP contribution is 2.17. The van der Waals surface area contributed by atoms with Crippen molar-refractivity contribution in [1.29, 1.82) is 0 Å². The summed E-state index contributed by atoms with van der Waals surface area (Å²) >= 11 is 0. The van der Waals surface area contributed by atoms with Gasteiger partial charge in [-0.2, -0.15) is 0 Å².